The number of rotatable bonds is 18. The second-order valence-corrected chi connectivity index (χ2v) is 35.8. The molecule has 6 aliphatic rings. The van der Waals surface area contributed by atoms with Crippen molar-refractivity contribution in [1.29, 1.82) is 0 Å². The normalized spacial score (nSPS) is 20.8. The highest BCUT2D eigenvalue weighted by Crippen LogP contribution is 2.41. The highest BCUT2D eigenvalue weighted by molar-refractivity contribution is 6.46. The molecule has 12 rings (SSSR count). The highest BCUT2D eigenvalue weighted by Gasteiger charge is 2.45. The third kappa shape index (κ3) is 25.4. The van der Waals surface area contributed by atoms with Gasteiger partial charge in [0.15, 0.2) is 0 Å². The molecule has 0 aliphatic carbocycles. The molecule has 3 N–H and O–H groups in total. The number of carbonyl (C=O) groups excluding carboxylic acids is 3. The van der Waals surface area contributed by atoms with Crippen molar-refractivity contribution in [3.05, 3.63) is 195 Å². The third-order valence-corrected chi connectivity index (χ3v) is 24.4. The summed E-state index contributed by atoms with van der Waals surface area (Å²) in [7, 11) is -1.23. The zero-order valence-electron chi connectivity index (χ0n) is 66.3. The molecule has 0 bridgehead atoms. The van der Waals surface area contributed by atoms with Crippen molar-refractivity contribution in [2.45, 2.75) is 199 Å². The van der Waals surface area contributed by atoms with E-state index >= 15 is 0 Å². The lowest BCUT2D eigenvalue weighted by molar-refractivity contribution is -0.142. The average Bonchev–Trinajstić information content (AvgIpc) is 0.789. The van der Waals surface area contributed by atoms with Crippen LogP contribution in [0.3, 0.4) is 0 Å². The molecule has 6 aromatic rings. The Morgan fingerprint density at radius 2 is 0.595 bits per heavy atom. The molecule has 0 saturated carbocycles. The van der Waals surface area contributed by atoms with Crippen molar-refractivity contribution >= 4 is 73.7 Å². The summed E-state index contributed by atoms with van der Waals surface area (Å²) in [4.78, 5) is 75.1. The summed E-state index contributed by atoms with van der Waals surface area (Å²) >= 11 is 18.6. The SMILES string of the molecule is C.C.C.CB(O)N1CCC(CC(=O)N2CCN(C(c3ccc(Cl)cc3)c3ccccn3)C[C@@H]2C(C)(C)C)CC1.CB(O)N1CCC(CC(=O)N2CCN(C(c3ccc(Cl)cc3)c3ccccn3)C[C@@H]2C(C)(C)C)CC1.CB(O)N1CCC(CC(=O)N2CCN(C(c3ccc(Cl)cc3)c3ccccn3)C[C@@H]2C(C)(C)C)CC1. The maximum atomic E-state index is 13.6. The second-order valence-electron chi connectivity index (χ2n) is 34.5. The van der Waals surface area contributed by atoms with Crippen molar-refractivity contribution in [3.63, 3.8) is 0 Å². The molecule has 18 nitrogen and oxygen atoms in total. The Morgan fingerprint density at radius 3 is 0.784 bits per heavy atom. The van der Waals surface area contributed by atoms with E-state index in [4.69, 9.17) is 49.8 Å². The number of piperidine rings is 3. The first-order valence-electron chi connectivity index (χ1n) is 39.8. The first kappa shape index (κ1) is 92.4. The summed E-state index contributed by atoms with van der Waals surface area (Å²) in [5, 5.41) is 31.7. The van der Waals surface area contributed by atoms with E-state index in [-0.39, 0.29) is 92.5 Å². The Labute approximate surface area is 683 Å². The van der Waals surface area contributed by atoms with Crippen molar-refractivity contribution in [2.24, 2.45) is 34.0 Å². The first-order valence-corrected chi connectivity index (χ1v) is 40.9. The van der Waals surface area contributed by atoms with Crippen molar-refractivity contribution in [2.75, 3.05) is 98.2 Å². The van der Waals surface area contributed by atoms with Crippen molar-refractivity contribution in [1.82, 2.24) is 58.8 Å². The lowest BCUT2D eigenvalue weighted by atomic mass is 9.80. The monoisotopic (exact) mass is 1580 g/mol. The van der Waals surface area contributed by atoms with E-state index in [1.54, 1.807) is 0 Å². The van der Waals surface area contributed by atoms with Crippen LogP contribution in [0.1, 0.15) is 194 Å². The van der Waals surface area contributed by atoms with E-state index in [0.29, 0.717) is 56.7 Å². The van der Waals surface area contributed by atoms with Crippen LogP contribution < -0.4 is 0 Å². The predicted molar refractivity (Wildman–Crippen MR) is 461 cm³/mol. The Hall–Kier alpha value is -5.78. The molecular formula is C87H132B3Cl3N12O6. The molecule has 6 aliphatic heterocycles. The minimum atomic E-state index is -0.410. The van der Waals surface area contributed by atoms with Crippen LogP contribution in [0.2, 0.25) is 35.5 Å². The number of benzene rings is 3. The molecule has 9 heterocycles. The van der Waals surface area contributed by atoms with E-state index in [9.17, 15) is 29.5 Å². The van der Waals surface area contributed by atoms with Gasteiger partial charge >= 0.3 is 21.2 Å². The van der Waals surface area contributed by atoms with Crippen LogP contribution in [0.5, 0.6) is 0 Å². The molecule has 111 heavy (non-hydrogen) atoms. The Balaban J connectivity index is 0.000000228. The van der Waals surface area contributed by atoms with Gasteiger partial charge in [0.25, 0.3) is 0 Å². The van der Waals surface area contributed by atoms with E-state index in [2.05, 4.69) is 161 Å². The Morgan fingerprint density at radius 1 is 0.369 bits per heavy atom. The maximum absolute atomic E-state index is 13.6. The predicted octanol–water partition coefficient (Wildman–Crippen LogP) is 15.7. The first-order chi connectivity index (χ1) is 51.4. The van der Waals surface area contributed by atoms with Gasteiger partial charge in [-0.2, -0.15) is 0 Å². The smallest absolute Gasteiger partial charge is 0.376 e. The fraction of sp³-hybridized carbons (Fsp3) is 0.586. The number of hydrogen-bond acceptors (Lipinski definition) is 15. The summed E-state index contributed by atoms with van der Waals surface area (Å²) in [6.45, 7) is 37.6. The molecule has 0 radical (unpaired) electrons. The van der Waals surface area contributed by atoms with Crippen molar-refractivity contribution in [3.8, 4) is 0 Å². The molecule has 606 valence electrons. The zero-order valence-corrected chi connectivity index (χ0v) is 68.6. The van der Waals surface area contributed by atoms with Gasteiger partial charge in [-0.05, 0) is 222 Å². The summed E-state index contributed by atoms with van der Waals surface area (Å²) in [6.07, 6.45) is 13.1. The molecular weight excluding hydrogens is 1450 g/mol. The number of halogens is 3. The van der Waals surface area contributed by atoms with Gasteiger partial charge in [-0.25, -0.2) is 0 Å². The molecule has 3 aromatic heterocycles. The number of pyridine rings is 3. The van der Waals surface area contributed by atoms with E-state index in [1.165, 1.54) is 0 Å². The van der Waals surface area contributed by atoms with Crippen LogP contribution in [0.15, 0.2) is 146 Å². The van der Waals surface area contributed by atoms with Crippen LogP contribution in [0, 0.1) is 34.0 Å². The van der Waals surface area contributed by atoms with E-state index in [1.807, 2.05) is 112 Å². The number of carbonyl (C=O) groups is 3. The summed E-state index contributed by atoms with van der Waals surface area (Å²) in [5.74, 6) is 1.98. The average molecular weight is 1580 g/mol. The van der Waals surface area contributed by atoms with Crippen molar-refractivity contribution < 1.29 is 29.5 Å². The zero-order chi connectivity index (χ0) is 77.6. The third-order valence-electron chi connectivity index (χ3n) is 23.7. The van der Waals surface area contributed by atoms with Crippen LogP contribution in [0.4, 0.5) is 0 Å². The largest absolute Gasteiger partial charge is 0.437 e. The topological polar surface area (TPSA) is 180 Å². The van der Waals surface area contributed by atoms with Gasteiger partial charge in [0.05, 0.1) is 35.2 Å². The number of nitrogens with zero attached hydrogens (tertiary/aromatic N) is 12. The van der Waals surface area contributed by atoms with Gasteiger partial charge in [0.1, 0.15) is 0 Å². The van der Waals surface area contributed by atoms with E-state index < -0.39 is 21.2 Å². The van der Waals surface area contributed by atoms with E-state index in [0.717, 1.165) is 166 Å². The van der Waals surface area contributed by atoms with Gasteiger partial charge in [-0.1, -0.05) is 174 Å². The summed E-state index contributed by atoms with van der Waals surface area (Å²) in [6, 6.07) is 42.7. The van der Waals surface area contributed by atoms with Gasteiger partial charge in [0.2, 0.25) is 17.7 Å². The van der Waals surface area contributed by atoms with Crippen LogP contribution in [0.25, 0.3) is 0 Å². The molecule has 3 amide bonds. The second kappa shape index (κ2) is 42.2. The number of amides is 3. The van der Waals surface area contributed by atoms with Gasteiger partial charge in [0, 0.05) is 130 Å². The fourth-order valence-electron chi connectivity index (χ4n) is 17.2. The van der Waals surface area contributed by atoms with Crippen LogP contribution in [-0.4, -0.2) is 229 Å². The fourth-order valence-corrected chi connectivity index (χ4v) is 17.6. The summed E-state index contributed by atoms with van der Waals surface area (Å²) in [5.41, 5.74) is 6.35. The molecule has 0 spiro atoms. The standard InChI is InChI=1S/3C28H40BClN4O2.3CH4/c3*1-28(2,3)25-20-32(27(24-7-5-6-14-31-24)22-8-10-23(30)11-9-22)17-18-34(25)26(35)19-21-12-15-33(16-13-21)29(4)36;;;/h3*5-11,14,21,25,27,36H,12-13,15-20H2,1-4H3;3*1H4/t3*25-,27?;;;/m111.../s1. The van der Waals surface area contributed by atoms with Crippen LogP contribution >= 0.6 is 34.8 Å². The molecule has 6 saturated heterocycles. The minimum absolute atomic E-state index is 0. The number of piperazine rings is 3. The number of hydrogen-bond donors (Lipinski definition) is 3. The lowest BCUT2D eigenvalue weighted by Crippen LogP contribution is -2.60. The molecule has 6 fully saturated rings. The Kier molecular flexibility index (Phi) is 35.1. The van der Waals surface area contributed by atoms with Gasteiger partial charge in [-0.15, -0.1) is 0 Å². The highest BCUT2D eigenvalue weighted by atomic mass is 35.5. The molecule has 24 heteroatoms. The summed E-state index contributed by atoms with van der Waals surface area (Å²) < 4.78 is 0. The molecule has 6 atom stereocenters. The number of aromatic nitrogens is 3. The van der Waals surface area contributed by atoms with Crippen LogP contribution in [-0.2, 0) is 14.4 Å². The molecule has 3 unspecified atom stereocenters. The van der Waals surface area contributed by atoms with Gasteiger partial charge in [-0.3, -0.25) is 44.0 Å². The van der Waals surface area contributed by atoms with Gasteiger partial charge < -0.3 is 44.2 Å². The lowest BCUT2D eigenvalue weighted by Gasteiger charge is -2.49. The minimum Gasteiger partial charge on any atom is -0.437 e. The Bertz CT molecular complexity index is 3360. The quantitative estimate of drug-likeness (QED) is 0.0691. The maximum Gasteiger partial charge on any atom is 0.376 e. The molecule has 3 aromatic carbocycles.